The maximum atomic E-state index is 12.2. The van der Waals surface area contributed by atoms with Gasteiger partial charge in [-0.05, 0) is 19.8 Å². The molecule has 0 atom stereocenters. The van der Waals surface area contributed by atoms with E-state index in [0.29, 0.717) is 33.8 Å². The van der Waals surface area contributed by atoms with Gasteiger partial charge in [-0.3, -0.25) is 14.3 Å². The topological polar surface area (TPSA) is 72.7 Å². The summed E-state index contributed by atoms with van der Waals surface area (Å²) in [6.45, 7) is 2.19. The summed E-state index contributed by atoms with van der Waals surface area (Å²) < 4.78 is 3.12. The number of unbranched alkanes of at least 4 members (excludes halogenated alkanes) is 1. The third-order valence-electron chi connectivity index (χ3n) is 3.29. The molecule has 0 aromatic carbocycles. The summed E-state index contributed by atoms with van der Waals surface area (Å²) in [4.78, 5) is 30.7. The Hall–Kier alpha value is -1.18. The summed E-state index contributed by atoms with van der Waals surface area (Å²) in [5.41, 5.74) is -0.168. The van der Waals surface area contributed by atoms with Gasteiger partial charge in [0.25, 0.3) is 5.56 Å². The maximum Gasteiger partial charge on any atom is 0.329 e. The van der Waals surface area contributed by atoms with E-state index in [1.165, 1.54) is 4.57 Å². The molecule has 2 heterocycles. The number of nitrogens with one attached hydrogen (secondary N) is 1. The molecule has 126 valence electrons. The molecule has 0 radical (unpaired) electrons. The smallest absolute Gasteiger partial charge is 0.309 e. The first-order valence-electron chi connectivity index (χ1n) is 7.16. The predicted octanol–water partition coefficient (Wildman–Crippen LogP) is 2.68. The highest BCUT2D eigenvalue weighted by Crippen LogP contribution is 2.23. The number of H-pyrrole nitrogens is 1. The van der Waals surface area contributed by atoms with E-state index in [-0.39, 0.29) is 0 Å². The summed E-state index contributed by atoms with van der Waals surface area (Å²) in [7, 11) is 1.59. The molecule has 2 aromatic heterocycles. The van der Waals surface area contributed by atoms with E-state index < -0.39 is 11.2 Å². The molecule has 0 aliphatic carbocycles. The van der Waals surface area contributed by atoms with Crippen LogP contribution >= 0.6 is 35.0 Å². The average molecular weight is 377 g/mol. The lowest BCUT2D eigenvalue weighted by Gasteiger charge is -2.05. The van der Waals surface area contributed by atoms with E-state index in [2.05, 4.69) is 9.97 Å². The van der Waals surface area contributed by atoms with Crippen LogP contribution < -0.4 is 11.2 Å². The fourth-order valence-corrected chi connectivity index (χ4v) is 3.33. The van der Waals surface area contributed by atoms with Crippen molar-refractivity contribution in [2.75, 3.05) is 11.6 Å². The Morgan fingerprint density at radius 1 is 1.39 bits per heavy atom. The third kappa shape index (κ3) is 4.22. The number of aromatic amines is 1. The van der Waals surface area contributed by atoms with Crippen LogP contribution in [0.4, 0.5) is 0 Å². The van der Waals surface area contributed by atoms with Crippen LogP contribution in [0.2, 0.25) is 0 Å². The largest absolute Gasteiger partial charge is 0.329 e. The van der Waals surface area contributed by atoms with E-state index in [9.17, 15) is 9.59 Å². The second-order valence-corrected chi connectivity index (χ2v) is 7.07. The summed E-state index contributed by atoms with van der Waals surface area (Å²) in [6.07, 6.45) is 3.68. The number of hydrogen-bond acceptors (Lipinski definition) is 4. The molecule has 2 aromatic rings. The number of rotatable bonds is 7. The van der Waals surface area contributed by atoms with Crippen LogP contribution in [0.5, 0.6) is 0 Å². The molecule has 6 nitrogen and oxygen atoms in total. The fourth-order valence-electron chi connectivity index (χ4n) is 2.07. The van der Waals surface area contributed by atoms with Crippen LogP contribution in [0.25, 0.3) is 11.2 Å². The Bertz CT molecular complexity index is 834. The minimum absolute atomic E-state index is 0.374. The number of imidazole rings is 1. The van der Waals surface area contributed by atoms with Crippen molar-refractivity contribution < 1.29 is 0 Å². The van der Waals surface area contributed by atoms with Gasteiger partial charge in [-0.1, -0.05) is 29.4 Å². The summed E-state index contributed by atoms with van der Waals surface area (Å²) in [5.74, 6) is 1.46. The van der Waals surface area contributed by atoms with Gasteiger partial charge >= 0.3 is 5.69 Å². The zero-order valence-corrected chi connectivity index (χ0v) is 15.3. The van der Waals surface area contributed by atoms with Crippen molar-refractivity contribution >= 4 is 46.1 Å². The fraction of sp³-hybridized carbons (Fsp3) is 0.500. The lowest BCUT2D eigenvalue weighted by atomic mass is 10.4. The van der Waals surface area contributed by atoms with E-state index in [4.69, 9.17) is 23.2 Å². The third-order valence-corrected chi connectivity index (χ3v) is 4.77. The Kier molecular flexibility index (Phi) is 6.38. The van der Waals surface area contributed by atoms with Crippen LogP contribution in [-0.4, -0.2) is 30.7 Å². The van der Waals surface area contributed by atoms with Gasteiger partial charge in [0, 0.05) is 30.3 Å². The molecule has 0 saturated heterocycles. The molecule has 23 heavy (non-hydrogen) atoms. The molecule has 0 saturated carbocycles. The van der Waals surface area contributed by atoms with Gasteiger partial charge in [0.05, 0.1) is 0 Å². The minimum Gasteiger partial charge on any atom is -0.309 e. The summed E-state index contributed by atoms with van der Waals surface area (Å²) >= 11 is 13.1. The number of alkyl halides is 1. The number of nitrogens with zero attached hydrogens (tertiary/aromatic N) is 3. The molecule has 9 heteroatoms. The Morgan fingerprint density at radius 3 is 2.78 bits per heavy atom. The monoisotopic (exact) mass is 376 g/mol. The van der Waals surface area contributed by atoms with Gasteiger partial charge in [-0.2, -0.15) is 0 Å². The van der Waals surface area contributed by atoms with Crippen LogP contribution in [-0.2, 0) is 13.6 Å². The zero-order chi connectivity index (χ0) is 17.0. The highest BCUT2D eigenvalue weighted by molar-refractivity contribution is 7.99. The van der Waals surface area contributed by atoms with Gasteiger partial charge in [-0.15, -0.1) is 11.6 Å². The molecule has 0 unspecified atom stereocenters. The first-order chi connectivity index (χ1) is 11.0. The first-order valence-corrected chi connectivity index (χ1v) is 9.06. The number of allylic oxidation sites excluding steroid dienone is 2. The van der Waals surface area contributed by atoms with Crippen molar-refractivity contribution in [1.82, 2.24) is 19.1 Å². The summed E-state index contributed by atoms with van der Waals surface area (Å²) in [5, 5.41) is 1.32. The van der Waals surface area contributed by atoms with E-state index in [1.54, 1.807) is 36.4 Å². The van der Waals surface area contributed by atoms with Crippen molar-refractivity contribution in [2.24, 2.45) is 7.05 Å². The second-order valence-electron chi connectivity index (χ2n) is 5.03. The van der Waals surface area contributed by atoms with E-state index in [1.807, 2.05) is 0 Å². The average Bonchev–Trinajstić information content (AvgIpc) is 2.86. The van der Waals surface area contributed by atoms with Gasteiger partial charge in [0.2, 0.25) is 0 Å². The lowest BCUT2D eigenvalue weighted by Crippen LogP contribution is -2.29. The van der Waals surface area contributed by atoms with Crippen molar-refractivity contribution in [3.8, 4) is 0 Å². The van der Waals surface area contributed by atoms with Crippen LogP contribution in [0.3, 0.4) is 0 Å². The van der Waals surface area contributed by atoms with Crippen molar-refractivity contribution in [1.29, 1.82) is 0 Å². The van der Waals surface area contributed by atoms with Crippen LogP contribution in [0.1, 0.15) is 19.8 Å². The molecule has 0 amide bonds. The SMILES string of the molecule is C/C(Cl)=C/Cn1c(SCCCCCl)nc2c1c(=O)[nH]c(=O)n2C. The number of aryl methyl sites for hydroxylation is 1. The Labute approximate surface area is 147 Å². The molecule has 0 spiro atoms. The van der Waals surface area contributed by atoms with Gasteiger partial charge in [0.15, 0.2) is 16.3 Å². The number of thioether (sulfide) groups is 1. The standard InChI is InChI=1S/C14H18Cl2N4O2S/c1-9(16)5-7-20-10-11(19(2)13(22)18-12(10)21)17-14(20)23-8-4-3-6-15/h5H,3-4,6-8H2,1-2H3,(H,18,21,22)/b9-5-. The Balaban J connectivity index is 2.51. The number of halogens is 2. The quantitative estimate of drug-likeness (QED) is 0.458. The highest BCUT2D eigenvalue weighted by atomic mass is 35.5. The molecular formula is C14H18Cl2N4O2S. The molecule has 2 rings (SSSR count). The van der Waals surface area contributed by atoms with Crippen molar-refractivity contribution in [3.05, 3.63) is 31.9 Å². The van der Waals surface area contributed by atoms with Gasteiger partial charge < -0.3 is 4.57 Å². The van der Waals surface area contributed by atoms with Gasteiger partial charge in [0.1, 0.15) is 0 Å². The summed E-state index contributed by atoms with van der Waals surface area (Å²) in [6, 6.07) is 0. The predicted molar refractivity (Wildman–Crippen MR) is 95.9 cm³/mol. The molecule has 0 bridgehead atoms. The van der Waals surface area contributed by atoms with E-state index >= 15 is 0 Å². The lowest BCUT2D eigenvalue weighted by molar-refractivity contribution is 0.741. The number of aromatic nitrogens is 4. The number of fused-ring (bicyclic) bond motifs is 1. The number of hydrogen-bond donors (Lipinski definition) is 1. The van der Waals surface area contributed by atoms with Crippen molar-refractivity contribution in [2.45, 2.75) is 31.5 Å². The zero-order valence-electron chi connectivity index (χ0n) is 12.9. The van der Waals surface area contributed by atoms with Crippen LogP contribution in [0.15, 0.2) is 25.9 Å². The minimum atomic E-state index is -0.477. The normalized spacial score (nSPS) is 12.3. The molecule has 1 N–H and O–H groups in total. The Morgan fingerprint density at radius 2 is 2.13 bits per heavy atom. The van der Waals surface area contributed by atoms with E-state index in [0.717, 1.165) is 18.6 Å². The highest BCUT2D eigenvalue weighted by Gasteiger charge is 2.16. The molecule has 0 aliphatic heterocycles. The molecular weight excluding hydrogens is 359 g/mol. The maximum absolute atomic E-state index is 12.2. The molecule has 0 fully saturated rings. The van der Waals surface area contributed by atoms with Crippen molar-refractivity contribution in [3.63, 3.8) is 0 Å². The van der Waals surface area contributed by atoms with Crippen LogP contribution in [0, 0.1) is 0 Å². The van der Waals surface area contributed by atoms with Gasteiger partial charge in [-0.25, -0.2) is 9.78 Å². The molecule has 0 aliphatic rings. The second kappa shape index (κ2) is 8.08. The first kappa shape index (κ1) is 18.2.